The number of aryl methyl sites for hydroxylation is 1. The van der Waals surface area contributed by atoms with Gasteiger partial charge in [-0.2, -0.15) is 10.2 Å². The van der Waals surface area contributed by atoms with Crippen LogP contribution in [0.4, 0.5) is 8.78 Å². The van der Waals surface area contributed by atoms with Crippen LogP contribution in [0.2, 0.25) is 0 Å². The summed E-state index contributed by atoms with van der Waals surface area (Å²) in [4.78, 5) is 12.3. The minimum atomic E-state index is -0.754. The number of nitrogens with one attached hydrogen (secondary N) is 1. The predicted octanol–water partition coefficient (Wildman–Crippen LogP) is 2.82. The second-order valence-corrected chi connectivity index (χ2v) is 5.67. The van der Waals surface area contributed by atoms with Gasteiger partial charge in [0, 0.05) is 6.07 Å². The molecule has 4 rings (SSSR count). The molecule has 1 aromatic carbocycles. The molecule has 1 aliphatic carbocycles. The molecule has 6 nitrogen and oxygen atoms in total. The van der Waals surface area contributed by atoms with E-state index in [1.165, 1.54) is 10.7 Å². The molecule has 1 N–H and O–H groups in total. The lowest BCUT2D eigenvalue weighted by molar-refractivity contribution is 0.0519. The molecule has 0 radical (unpaired) electrons. The zero-order valence-electron chi connectivity index (χ0n) is 13.3. The third-order valence-electron chi connectivity index (χ3n) is 4.19. The minimum absolute atomic E-state index is 0.0798. The molecule has 3 aromatic rings. The summed E-state index contributed by atoms with van der Waals surface area (Å²) in [6.45, 7) is 1.89. The first-order valence-corrected chi connectivity index (χ1v) is 7.87. The van der Waals surface area contributed by atoms with Crippen molar-refractivity contribution in [3.05, 3.63) is 53.0 Å². The first-order chi connectivity index (χ1) is 12.1. The van der Waals surface area contributed by atoms with E-state index in [-0.39, 0.29) is 18.0 Å². The number of carbonyl (C=O) groups excluding carboxylic acids is 1. The van der Waals surface area contributed by atoms with Crippen LogP contribution < -0.4 is 0 Å². The zero-order valence-corrected chi connectivity index (χ0v) is 13.3. The molecule has 0 atom stereocenters. The molecule has 0 saturated heterocycles. The van der Waals surface area contributed by atoms with E-state index in [4.69, 9.17) is 4.74 Å². The normalized spacial score (nSPS) is 12.6. The van der Waals surface area contributed by atoms with Crippen LogP contribution in [0, 0.1) is 11.6 Å². The quantitative estimate of drug-likeness (QED) is 0.742. The molecule has 0 spiro atoms. The summed E-state index contributed by atoms with van der Waals surface area (Å²) in [5.74, 6) is -2.03. The Morgan fingerprint density at radius 1 is 1.36 bits per heavy atom. The third kappa shape index (κ3) is 2.41. The van der Waals surface area contributed by atoms with Gasteiger partial charge in [0.1, 0.15) is 11.5 Å². The standard InChI is InChI=1S/C17H14F2N4O2/c1-2-25-17(24)16-14-13(5-3-9-8-20-21-15(9)14)23(22-16)12-6-4-10(18)7-11(12)19/h4,6-8H,2-3,5H2,1H3,(H,20,21). The number of carbonyl (C=O) groups is 1. The van der Waals surface area contributed by atoms with E-state index >= 15 is 0 Å². The molecule has 0 fully saturated rings. The number of halogens is 2. The number of aromatic amines is 1. The monoisotopic (exact) mass is 344 g/mol. The highest BCUT2D eigenvalue weighted by atomic mass is 19.1. The van der Waals surface area contributed by atoms with Crippen LogP contribution in [0.25, 0.3) is 16.9 Å². The van der Waals surface area contributed by atoms with Gasteiger partial charge in [-0.1, -0.05) is 0 Å². The third-order valence-corrected chi connectivity index (χ3v) is 4.19. The number of nitrogens with zero attached hydrogens (tertiary/aromatic N) is 3. The van der Waals surface area contributed by atoms with Crippen LogP contribution >= 0.6 is 0 Å². The smallest absolute Gasteiger partial charge is 0.359 e. The Balaban J connectivity index is 1.96. The summed E-state index contributed by atoms with van der Waals surface area (Å²) in [6.07, 6.45) is 2.92. The van der Waals surface area contributed by atoms with E-state index in [1.807, 2.05) is 0 Å². The van der Waals surface area contributed by atoms with Gasteiger partial charge in [-0.05, 0) is 37.5 Å². The van der Waals surface area contributed by atoms with Crippen molar-refractivity contribution in [2.45, 2.75) is 19.8 Å². The summed E-state index contributed by atoms with van der Waals surface area (Å²) >= 11 is 0. The Kier molecular flexibility index (Phi) is 3.60. The summed E-state index contributed by atoms with van der Waals surface area (Å²) in [5.41, 5.74) is 3.02. The lowest BCUT2D eigenvalue weighted by Gasteiger charge is -2.14. The minimum Gasteiger partial charge on any atom is -0.461 e. The first-order valence-electron chi connectivity index (χ1n) is 7.87. The first kappa shape index (κ1) is 15.5. The van der Waals surface area contributed by atoms with Gasteiger partial charge in [0.25, 0.3) is 0 Å². The molecule has 0 unspecified atom stereocenters. The fourth-order valence-electron chi connectivity index (χ4n) is 3.11. The maximum Gasteiger partial charge on any atom is 0.359 e. The van der Waals surface area contributed by atoms with Gasteiger partial charge in [0.2, 0.25) is 0 Å². The number of H-pyrrole nitrogens is 1. The number of benzene rings is 1. The van der Waals surface area contributed by atoms with Crippen molar-refractivity contribution in [2.75, 3.05) is 6.61 Å². The number of ether oxygens (including phenoxy) is 1. The van der Waals surface area contributed by atoms with Crippen molar-refractivity contribution in [1.29, 1.82) is 0 Å². The van der Waals surface area contributed by atoms with Gasteiger partial charge in [-0.15, -0.1) is 0 Å². The number of hydrogen-bond acceptors (Lipinski definition) is 4. The fourth-order valence-corrected chi connectivity index (χ4v) is 3.11. The molecular formula is C17H14F2N4O2. The largest absolute Gasteiger partial charge is 0.461 e. The van der Waals surface area contributed by atoms with E-state index in [1.54, 1.807) is 13.1 Å². The summed E-state index contributed by atoms with van der Waals surface area (Å²) in [5, 5.41) is 11.2. The van der Waals surface area contributed by atoms with Gasteiger partial charge in [0.15, 0.2) is 11.5 Å². The number of aromatic nitrogens is 4. The topological polar surface area (TPSA) is 72.8 Å². The molecule has 128 valence electrons. The van der Waals surface area contributed by atoms with Crippen molar-refractivity contribution in [3.63, 3.8) is 0 Å². The van der Waals surface area contributed by atoms with Crippen molar-refractivity contribution in [2.24, 2.45) is 0 Å². The van der Waals surface area contributed by atoms with Crippen molar-refractivity contribution in [1.82, 2.24) is 20.0 Å². The molecule has 2 heterocycles. The molecule has 0 aliphatic heterocycles. The second kappa shape index (κ2) is 5.80. The van der Waals surface area contributed by atoms with Crippen LogP contribution in [0.3, 0.4) is 0 Å². The summed E-state index contributed by atoms with van der Waals surface area (Å²) < 4.78 is 33.9. The van der Waals surface area contributed by atoms with Crippen LogP contribution in [0.15, 0.2) is 24.4 Å². The van der Waals surface area contributed by atoms with E-state index < -0.39 is 17.6 Å². The van der Waals surface area contributed by atoms with Crippen LogP contribution in [0.5, 0.6) is 0 Å². The number of rotatable bonds is 3. The molecule has 0 saturated carbocycles. The number of hydrogen-bond donors (Lipinski definition) is 1. The Labute approximate surface area is 141 Å². The van der Waals surface area contributed by atoms with E-state index in [0.717, 1.165) is 17.7 Å². The average Bonchev–Trinajstić information content (AvgIpc) is 3.18. The molecule has 0 bridgehead atoms. The van der Waals surface area contributed by atoms with Gasteiger partial charge in [-0.3, -0.25) is 5.10 Å². The van der Waals surface area contributed by atoms with Crippen LogP contribution in [-0.2, 0) is 17.6 Å². The van der Waals surface area contributed by atoms with Gasteiger partial charge in [-0.25, -0.2) is 18.3 Å². The summed E-state index contributed by atoms with van der Waals surface area (Å²) in [6, 6.07) is 3.24. The summed E-state index contributed by atoms with van der Waals surface area (Å²) in [7, 11) is 0. The van der Waals surface area contributed by atoms with Crippen LogP contribution in [-0.4, -0.2) is 32.6 Å². The Bertz CT molecular complexity index is 977. The van der Waals surface area contributed by atoms with Gasteiger partial charge < -0.3 is 4.74 Å². The molecule has 25 heavy (non-hydrogen) atoms. The van der Waals surface area contributed by atoms with E-state index in [9.17, 15) is 13.6 Å². The average molecular weight is 344 g/mol. The Morgan fingerprint density at radius 2 is 2.20 bits per heavy atom. The molecule has 8 heteroatoms. The van der Waals surface area contributed by atoms with E-state index in [0.29, 0.717) is 29.8 Å². The van der Waals surface area contributed by atoms with E-state index in [2.05, 4.69) is 15.3 Å². The van der Waals surface area contributed by atoms with Crippen molar-refractivity contribution >= 4 is 5.97 Å². The van der Waals surface area contributed by atoms with Crippen LogP contribution in [0.1, 0.15) is 28.7 Å². The Hall–Kier alpha value is -3.03. The van der Waals surface area contributed by atoms with Gasteiger partial charge >= 0.3 is 5.97 Å². The SMILES string of the molecule is CCOC(=O)c1nn(-c2ccc(F)cc2F)c2c1-c1[nH]ncc1CC2. The van der Waals surface area contributed by atoms with Crippen molar-refractivity contribution < 1.29 is 18.3 Å². The highest BCUT2D eigenvalue weighted by Crippen LogP contribution is 2.36. The lowest BCUT2D eigenvalue weighted by atomic mass is 9.94. The number of fused-ring (bicyclic) bond motifs is 3. The maximum absolute atomic E-state index is 14.3. The second-order valence-electron chi connectivity index (χ2n) is 5.67. The highest BCUT2D eigenvalue weighted by Gasteiger charge is 2.31. The molecular weight excluding hydrogens is 330 g/mol. The molecule has 0 amide bonds. The lowest BCUT2D eigenvalue weighted by Crippen LogP contribution is -2.09. The predicted molar refractivity (Wildman–Crippen MR) is 84.4 cm³/mol. The van der Waals surface area contributed by atoms with Gasteiger partial charge in [0.05, 0.1) is 29.8 Å². The van der Waals surface area contributed by atoms with Crippen molar-refractivity contribution in [3.8, 4) is 16.9 Å². The number of esters is 1. The molecule has 1 aliphatic rings. The highest BCUT2D eigenvalue weighted by molar-refractivity contribution is 5.96. The maximum atomic E-state index is 14.3. The fraction of sp³-hybridized carbons (Fsp3) is 0.235. The Morgan fingerprint density at radius 3 is 2.96 bits per heavy atom. The molecule has 2 aromatic heterocycles. The zero-order chi connectivity index (χ0) is 17.6.